The molecular weight excluding hydrogens is 222 g/mol. The molecule has 0 amide bonds. The van der Waals surface area contributed by atoms with Crippen LogP contribution in [-0.2, 0) is 0 Å². The van der Waals surface area contributed by atoms with E-state index >= 15 is 0 Å². The Morgan fingerprint density at radius 2 is 1.94 bits per heavy atom. The minimum atomic E-state index is 0.360. The summed E-state index contributed by atoms with van der Waals surface area (Å²) in [7, 11) is 0. The van der Waals surface area contributed by atoms with E-state index < -0.39 is 0 Å². The molecule has 18 heavy (non-hydrogen) atoms. The maximum atomic E-state index is 9.41. The number of phenolic OH excluding ortho intramolecular Hbond substituents is 1. The topological polar surface area (TPSA) is 23.5 Å². The van der Waals surface area contributed by atoms with E-state index in [9.17, 15) is 5.11 Å². The molecule has 2 heteroatoms. The number of likely N-dealkylation sites (tertiary alicyclic amines) is 1. The zero-order valence-corrected chi connectivity index (χ0v) is 11.6. The highest BCUT2D eigenvalue weighted by molar-refractivity contribution is 5.28. The van der Waals surface area contributed by atoms with Gasteiger partial charge in [0.15, 0.2) is 0 Å². The van der Waals surface area contributed by atoms with E-state index in [0.29, 0.717) is 11.8 Å². The lowest BCUT2D eigenvalue weighted by atomic mass is 9.93. The van der Waals surface area contributed by atoms with Crippen LogP contribution in [0.25, 0.3) is 0 Å². The molecule has 0 aliphatic carbocycles. The number of aromatic hydroxyl groups is 1. The van der Waals surface area contributed by atoms with E-state index in [4.69, 9.17) is 0 Å². The van der Waals surface area contributed by atoms with E-state index in [1.54, 1.807) is 0 Å². The summed E-state index contributed by atoms with van der Waals surface area (Å²) in [5, 5.41) is 9.41. The summed E-state index contributed by atoms with van der Waals surface area (Å²) in [5.41, 5.74) is 1.34. The van der Waals surface area contributed by atoms with Crippen molar-refractivity contribution < 1.29 is 5.11 Å². The van der Waals surface area contributed by atoms with Crippen LogP contribution in [0.2, 0.25) is 0 Å². The van der Waals surface area contributed by atoms with Gasteiger partial charge in [-0.2, -0.15) is 0 Å². The lowest BCUT2D eigenvalue weighted by Gasteiger charge is -2.41. The van der Waals surface area contributed by atoms with Gasteiger partial charge in [0.25, 0.3) is 0 Å². The molecule has 1 aromatic rings. The lowest BCUT2D eigenvalue weighted by Crippen LogP contribution is -2.41. The Kier molecular flexibility index (Phi) is 4.65. The van der Waals surface area contributed by atoms with Gasteiger partial charge in [0.2, 0.25) is 0 Å². The van der Waals surface area contributed by atoms with Gasteiger partial charge in [0.05, 0.1) is 0 Å². The van der Waals surface area contributed by atoms with Crippen molar-refractivity contribution in [3.8, 4) is 5.75 Å². The van der Waals surface area contributed by atoms with Gasteiger partial charge in [-0.1, -0.05) is 32.4 Å². The third-order valence-corrected chi connectivity index (χ3v) is 4.21. The minimum Gasteiger partial charge on any atom is -0.508 e. The Bertz CT molecular complexity index is 360. The molecular formula is C16H25NO. The summed E-state index contributed by atoms with van der Waals surface area (Å²) in [5.74, 6) is 0.360. The zero-order valence-electron chi connectivity index (χ0n) is 11.6. The summed E-state index contributed by atoms with van der Waals surface area (Å²) >= 11 is 0. The second-order valence-electron chi connectivity index (χ2n) is 5.31. The van der Waals surface area contributed by atoms with Gasteiger partial charge in [-0.05, 0) is 49.9 Å². The van der Waals surface area contributed by atoms with Crippen molar-refractivity contribution in [1.29, 1.82) is 0 Å². The summed E-state index contributed by atoms with van der Waals surface area (Å²) in [6.07, 6.45) is 6.42. The molecule has 1 aromatic carbocycles. The first-order valence-electron chi connectivity index (χ1n) is 7.31. The van der Waals surface area contributed by atoms with Crippen molar-refractivity contribution in [2.24, 2.45) is 0 Å². The average molecular weight is 247 g/mol. The van der Waals surface area contributed by atoms with Gasteiger partial charge in [-0.15, -0.1) is 0 Å². The average Bonchev–Trinajstić information content (AvgIpc) is 2.42. The van der Waals surface area contributed by atoms with Crippen molar-refractivity contribution in [2.75, 3.05) is 6.54 Å². The van der Waals surface area contributed by atoms with Crippen LogP contribution in [0.15, 0.2) is 24.3 Å². The molecule has 1 heterocycles. The molecule has 0 aromatic heterocycles. The molecule has 0 radical (unpaired) electrons. The van der Waals surface area contributed by atoms with Gasteiger partial charge in [0, 0.05) is 12.1 Å². The van der Waals surface area contributed by atoms with Crippen LogP contribution in [0.5, 0.6) is 5.75 Å². The highest BCUT2D eigenvalue weighted by atomic mass is 16.3. The summed E-state index contributed by atoms with van der Waals surface area (Å²) in [6, 6.07) is 9.01. The smallest absolute Gasteiger partial charge is 0.115 e. The number of rotatable bonds is 4. The molecule has 2 nitrogen and oxygen atoms in total. The molecule has 100 valence electrons. The number of nitrogens with zero attached hydrogens (tertiary/aromatic N) is 1. The van der Waals surface area contributed by atoms with Crippen LogP contribution in [0.4, 0.5) is 0 Å². The van der Waals surface area contributed by atoms with Gasteiger partial charge >= 0.3 is 0 Å². The van der Waals surface area contributed by atoms with Gasteiger partial charge in [-0.25, -0.2) is 0 Å². The SMILES string of the molecule is CCC1CCCCN1C(CC)c1ccc(O)cc1. The van der Waals surface area contributed by atoms with E-state index in [1.165, 1.54) is 37.8 Å². The van der Waals surface area contributed by atoms with Crippen LogP contribution >= 0.6 is 0 Å². The van der Waals surface area contributed by atoms with Crippen LogP contribution in [0.3, 0.4) is 0 Å². The highest BCUT2D eigenvalue weighted by Gasteiger charge is 2.27. The Labute approximate surface area is 111 Å². The van der Waals surface area contributed by atoms with Crippen LogP contribution in [-0.4, -0.2) is 22.6 Å². The molecule has 1 saturated heterocycles. The molecule has 2 atom stereocenters. The van der Waals surface area contributed by atoms with Crippen LogP contribution in [0.1, 0.15) is 57.6 Å². The largest absolute Gasteiger partial charge is 0.508 e. The summed E-state index contributed by atoms with van der Waals surface area (Å²) < 4.78 is 0. The van der Waals surface area contributed by atoms with Crippen molar-refractivity contribution in [3.63, 3.8) is 0 Å². The molecule has 1 aliphatic heterocycles. The van der Waals surface area contributed by atoms with E-state index in [1.807, 2.05) is 12.1 Å². The van der Waals surface area contributed by atoms with Gasteiger partial charge < -0.3 is 5.11 Å². The number of hydrogen-bond donors (Lipinski definition) is 1. The first kappa shape index (κ1) is 13.4. The summed E-state index contributed by atoms with van der Waals surface area (Å²) in [4.78, 5) is 2.68. The first-order valence-corrected chi connectivity index (χ1v) is 7.31. The second-order valence-corrected chi connectivity index (χ2v) is 5.31. The van der Waals surface area contributed by atoms with Crippen molar-refractivity contribution in [1.82, 2.24) is 4.90 Å². The quantitative estimate of drug-likeness (QED) is 0.865. The predicted octanol–water partition coefficient (Wildman–Crippen LogP) is 4.11. The third kappa shape index (κ3) is 2.86. The van der Waals surface area contributed by atoms with Crippen molar-refractivity contribution >= 4 is 0 Å². The molecule has 0 saturated carbocycles. The fraction of sp³-hybridized carbons (Fsp3) is 0.625. The Morgan fingerprint density at radius 1 is 1.22 bits per heavy atom. The van der Waals surface area contributed by atoms with Crippen molar-refractivity contribution in [2.45, 2.75) is 58.0 Å². The molecule has 0 spiro atoms. The van der Waals surface area contributed by atoms with Gasteiger partial charge in [-0.3, -0.25) is 4.90 Å². The molecule has 1 aliphatic rings. The predicted molar refractivity (Wildman–Crippen MR) is 75.8 cm³/mol. The number of hydrogen-bond acceptors (Lipinski definition) is 2. The minimum absolute atomic E-state index is 0.360. The van der Waals surface area contributed by atoms with Crippen LogP contribution < -0.4 is 0 Å². The Morgan fingerprint density at radius 3 is 2.56 bits per heavy atom. The third-order valence-electron chi connectivity index (χ3n) is 4.21. The van der Waals surface area contributed by atoms with Gasteiger partial charge in [0.1, 0.15) is 5.75 Å². The normalized spacial score (nSPS) is 22.9. The second kappa shape index (κ2) is 6.24. The number of phenols is 1. The molecule has 2 unspecified atom stereocenters. The lowest BCUT2D eigenvalue weighted by molar-refractivity contribution is 0.0887. The maximum Gasteiger partial charge on any atom is 0.115 e. The Hall–Kier alpha value is -1.02. The molecule has 1 N–H and O–H groups in total. The summed E-state index contributed by atoms with van der Waals surface area (Å²) in [6.45, 7) is 5.78. The molecule has 0 bridgehead atoms. The van der Waals surface area contributed by atoms with E-state index in [2.05, 4.69) is 30.9 Å². The fourth-order valence-electron chi connectivity index (χ4n) is 3.23. The number of benzene rings is 1. The molecule has 2 rings (SSSR count). The fourth-order valence-corrected chi connectivity index (χ4v) is 3.23. The zero-order chi connectivity index (χ0) is 13.0. The standard InChI is InChI=1S/C16H25NO/c1-3-14-7-5-6-12-17(14)16(4-2)13-8-10-15(18)11-9-13/h8-11,14,16,18H,3-7,12H2,1-2H3. The van der Waals surface area contributed by atoms with E-state index in [0.717, 1.165) is 12.5 Å². The number of piperidine rings is 1. The maximum absolute atomic E-state index is 9.41. The molecule has 1 fully saturated rings. The first-order chi connectivity index (χ1) is 8.76. The van der Waals surface area contributed by atoms with Crippen molar-refractivity contribution in [3.05, 3.63) is 29.8 Å². The Balaban J connectivity index is 2.18. The highest BCUT2D eigenvalue weighted by Crippen LogP contribution is 2.32. The van der Waals surface area contributed by atoms with E-state index in [-0.39, 0.29) is 0 Å². The van der Waals surface area contributed by atoms with Crippen LogP contribution in [0, 0.1) is 0 Å². The monoisotopic (exact) mass is 247 g/mol.